The first-order valence-corrected chi connectivity index (χ1v) is 7.24. The van der Waals surface area contributed by atoms with Crippen LogP contribution >= 0.6 is 0 Å². The molecular formula is C15H21FN2O2. The van der Waals surface area contributed by atoms with Crippen molar-refractivity contribution in [3.05, 3.63) is 35.6 Å². The first-order chi connectivity index (χ1) is 9.84. The third-order valence-corrected chi connectivity index (χ3v) is 3.95. The predicted molar refractivity (Wildman–Crippen MR) is 73.9 cm³/mol. The second kappa shape index (κ2) is 6.63. The van der Waals surface area contributed by atoms with Gasteiger partial charge in [0, 0.05) is 26.2 Å². The smallest absolute Gasteiger partial charge is 0.123 e. The van der Waals surface area contributed by atoms with E-state index in [2.05, 4.69) is 9.80 Å². The SMILES string of the molecule is Fc1ccc(C(N2CCOCC2)N2CCOCC2)cc1. The van der Waals surface area contributed by atoms with Crippen LogP contribution in [0.4, 0.5) is 4.39 Å². The second-order valence-corrected chi connectivity index (χ2v) is 5.22. The quantitative estimate of drug-likeness (QED) is 0.837. The van der Waals surface area contributed by atoms with Crippen LogP contribution < -0.4 is 0 Å². The Bertz CT molecular complexity index is 396. The lowest BCUT2D eigenvalue weighted by molar-refractivity contribution is -0.0676. The number of halogens is 1. The summed E-state index contributed by atoms with van der Waals surface area (Å²) in [6.07, 6.45) is 0.198. The Balaban J connectivity index is 1.83. The van der Waals surface area contributed by atoms with Gasteiger partial charge in [-0.25, -0.2) is 4.39 Å². The summed E-state index contributed by atoms with van der Waals surface area (Å²) in [5.41, 5.74) is 1.15. The Kier molecular flexibility index (Phi) is 4.62. The minimum atomic E-state index is -0.184. The maximum absolute atomic E-state index is 13.2. The predicted octanol–water partition coefficient (Wildman–Crippen LogP) is 1.49. The molecule has 0 N–H and O–H groups in total. The molecule has 0 aromatic heterocycles. The molecule has 1 aromatic carbocycles. The van der Waals surface area contributed by atoms with E-state index in [4.69, 9.17) is 9.47 Å². The van der Waals surface area contributed by atoms with Gasteiger partial charge in [-0.15, -0.1) is 0 Å². The van der Waals surface area contributed by atoms with Crippen LogP contribution in [0.2, 0.25) is 0 Å². The molecule has 2 heterocycles. The topological polar surface area (TPSA) is 24.9 Å². The first kappa shape index (κ1) is 13.9. The van der Waals surface area contributed by atoms with Crippen LogP contribution in [0.15, 0.2) is 24.3 Å². The minimum Gasteiger partial charge on any atom is -0.379 e. The van der Waals surface area contributed by atoms with Gasteiger partial charge in [0.05, 0.1) is 32.6 Å². The van der Waals surface area contributed by atoms with Crippen LogP contribution in [-0.2, 0) is 9.47 Å². The van der Waals surface area contributed by atoms with E-state index in [0.29, 0.717) is 0 Å². The molecule has 2 aliphatic heterocycles. The minimum absolute atomic E-state index is 0.184. The fourth-order valence-electron chi connectivity index (χ4n) is 2.93. The van der Waals surface area contributed by atoms with Crippen LogP contribution in [0, 0.1) is 5.82 Å². The largest absolute Gasteiger partial charge is 0.379 e. The summed E-state index contributed by atoms with van der Waals surface area (Å²) in [6.45, 7) is 6.73. The molecule has 4 nitrogen and oxygen atoms in total. The van der Waals surface area contributed by atoms with Gasteiger partial charge in [-0.1, -0.05) is 12.1 Å². The molecule has 0 aliphatic carbocycles. The monoisotopic (exact) mass is 280 g/mol. The fraction of sp³-hybridized carbons (Fsp3) is 0.600. The van der Waals surface area contributed by atoms with Crippen LogP contribution in [0.5, 0.6) is 0 Å². The van der Waals surface area contributed by atoms with Gasteiger partial charge in [0.1, 0.15) is 5.82 Å². The van der Waals surface area contributed by atoms with E-state index in [1.165, 1.54) is 0 Å². The van der Waals surface area contributed by atoms with Crippen molar-refractivity contribution in [3.8, 4) is 0 Å². The number of hydrogen-bond acceptors (Lipinski definition) is 4. The van der Waals surface area contributed by atoms with E-state index in [1.54, 1.807) is 12.1 Å². The van der Waals surface area contributed by atoms with E-state index >= 15 is 0 Å². The summed E-state index contributed by atoms with van der Waals surface area (Å²) >= 11 is 0. The highest BCUT2D eigenvalue weighted by Gasteiger charge is 2.29. The zero-order valence-electron chi connectivity index (χ0n) is 11.6. The first-order valence-electron chi connectivity index (χ1n) is 7.24. The molecule has 5 heteroatoms. The molecule has 0 bridgehead atoms. The van der Waals surface area contributed by atoms with Gasteiger partial charge in [-0.3, -0.25) is 9.80 Å². The number of benzene rings is 1. The summed E-state index contributed by atoms with van der Waals surface area (Å²) in [5, 5.41) is 0. The van der Waals surface area contributed by atoms with E-state index in [9.17, 15) is 4.39 Å². The molecule has 2 aliphatic rings. The van der Waals surface area contributed by atoms with E-state index in [-0.39, 0.29) is 12.0 Å². The van der Waals surface area contributed by atoms with Crippen molar-refractivity contribution in [3.63, 3.8) is 0 Å². The van der Waals surface area contributed by atoms with Crippen molar-refractivity contribution >= 4 is 0 Å². The molecule has 0 atom stereocenters. The Morgan fingerprint density at radius 3 is 1.70 bits per heavy atom. The van der Waals surface area contributed by atoms with Gasteiger partial charge < -0.3 is 9.47 Å². The maximum Gasteiger partial charge on any atom is 0.123 e. The average Bonchev–Trinajstić information content (AvgIpc) is 2.52. The molecule has 1 aromatic rings. The number of hydrogen-bond donors (Lipinski definition) is 0. The van der Waals surface area contributed by atoms with Crippen LogP contribution in [-0.4, -0.2) is 62.4 Å². The number of nitrogens with zero attached hydrogens (tertiary/aromatic N) is 2. The number of ether oxygens (including phenoxy) is 2. The highest BCUT2D eigenvalue weighted by Crippen LogP contribution is 2.27. The molecule has 2 fully saturated rings. The van der Waals surface area contributed by atoms with Crippen molar-refractivity contribution in [2.75, 3.05) is 52.6 Å². The number of rotatable bonds is 3. The van der Waals surface area contributed by atoms with Crippen LogP contribution in [0.25, 0.3) is 0 Å². The van der Waals surface area contributed by atoms with Gasteiger partial charge in [0.15, 0.2) is 0 Å². The number of morpholine rings is 2. The van der Waals surface area contributed by atoms with Gasteiger partial charge >= 0.3 is 0 Å². The standard InChI is InChI=1S/C15H21FN2O2/c16-14-3-1-13(2-4-14)15(17-5-9-19-10-6-17)18-7-11-20-12-8-18/h1-4,15H,5-12H2. The molecule has 0 spiro atoms. The summed E-state index contributed by atoms with van der Waals surface area (Å²) in [4.78, 5) is 4.84. The summed E-state index contributed by atoms with van der Waals surface area (Å²) in [7, 11) is 0. The van der Waals surface area contributed by atoms with Crippen LogP contribution in [0.3, 0.4) is 0 Å². The van der Waals surface area contributed by atoms with E-state index in [1.807, 2.05) is 12.1 Å². The normalized spacial score (nSPS) is 22.3. The Morgan fingerprint density at radius 1 is 0.800 bits per heavy atom. The van der Waals surface area contributed by atoms with Crippen LogP contribution in [0.1, 0.15) is 11.7 Å². The molecule has 0 unspecified atom stereocenters. The van der Waals surface area contributed by atoms with Gasteiger partial charge in [-0.2, -0.15) is 0 Å². The molecule has 110 valence electrons. The van der Waals surface area contributed by atoms with Gasteiger partial charge in [0.25, 0.3) is 0 Å². The maximum atomic E-state index is 13.2. The molecule has 0 saturated carbocycles. The zero-order chi connectivity index (χ0) is 13.8. The third kappa shape index (κ3) is 3.17. The highest BCUT2D eigenvalue weighted by molar-refractivity contribution is 5.20. The van der Waals surface area contributed by atoms with Gasteiger partial charge in [0.2, 0.25) is 0 Å². The summed E-state index contributed by atoms with van der Waals surface area (Å²) in [6, 6.07) is 6.88. The molecular weight excluding hydrogens is 259 g/mol. The molecule has 0 amide bonds. The van der Waals surface area contributed by atoms with E-state index < -0.39 is 0 Å². The third-order valence-electron chi connectivity index (χ3n) is 3.95. The highest BCUT2D eigenvalue weighted by atomic mass is 19.1. The summed E-state index contributed by atoms with van der Waals surface area (Å²) < 4.78 is 24.1. The Hall–Kier alpha value is -1.01. The molecule has 20 heavy (non-hydrogen) atoms. The van der Waals surface area contributed by atoms with Crippen molar-refractivity contribution in [2.24, 2.45) is 0 Å². The molecule has 2 saturated heterocycles. The molecule has 3 rings (SSSR count). The van der Waals surface area contributed by atoms with Crippen molar-refractivity contribution < 1.29 is 13.9 Å². The zero-order valence-corrected chi connectivity index (χ0v) is 11.6. The second-order valence-electron chi connectivity index (χ2n) is 5.22. The van der Waals surface area contributed by atoms with Crippen molar-refractivity contribution in [1.82, 2.24) is 9.80 Å². The Morgan fingerprint density at radius 2 is 1.25 bits per heavy atom. The fourth-order valence-corrected chi connectivity index (χ4v) is 2.93. The van der Waals surface area contributed by atoms with Crippen molar-refractivity contribution in [1.29, 1.82) is 0 Å². The molecule has 0 radical (unpaired) electrons. The lowest BCUT2D eigenvalue weighted by Gasteiger charge is -2.43. The average molecular weight is 280 g/mol. The van der Waals surface area contributed by atoms with Crippen molar-refractivity contribution in [2.45, 2.75) is 6.17 Å². The van der Waals surface area contributed by atoms with E-state index in [0.717, 1.165) is 58.2 Å². The van der Waals surface area contributed by atoms with Gasteiger partial charge in [-0.05, 0) is 17.7 Å². The lowest BCUT2D eigenvalue weighted by Crippen LogP contribution is -2.50. The summed E-state index contributed by atoms with van der Waals surface area (Å²) in [5.74, 6) is -0.184. The Labute approximate surface area is 119 Å². The lowest BCUT2D eigenvalue weighted by atomic mass is 10.1.